The molecule has 0 aliphatic carbocycles. The Hall–Kier alpha value is -3.41. The molecular weight excluding hydrogens is 586 g/mol. The van der Waals surface area contributed by atoms with Crippen LogP contribution in [0.2, 0.25) is 5.02 Å². The van der Waals surface area contributed by atoms with Crippen molar-refractivity contribution in [2.24, 2.45) is 0 Å². The lowest BCUT2D eigenvalue weighted by atomic mass is 10.0. The first-order chi connectivity index (χ1) is 17.8. The van der Waals surface area contributed by atoms with Crippen LogP contribution in [0.1, 0.15) is 36.4 Å². The first-order valence-corrected chi connectivity index (χ1v) is 12.4. The molecule has 198 valence electrons. The van der Waals surface area contributed by atoms with E-state index in [0.29, 0.717) is 27.5 Å². The van der Waals surface area contributed by atoms with Gasteiger partial charge in [0, 0.05) is 46.3 Å². The van der Waals surface area contributed by atoms with E-state index in [4.69, 9.17) is 16.3 Å². The fourth-order valence-corrected chi connectivity index (χ4v) is 4.44. The second kappa shape index (κ2) is 10.4. The summed E-state index contributed by atoms with van der Waals surface area (Å²) in [6.07, 6.45) is 3.88. The molecule has 0 saturated carbocycles. The summed E-state index contributed by atoms with van der Waals surface area (Å²) in [6.45, 7) is 6.03. The molecule has 1 N–H and O–H groups in total. The summed E-state index contributed by atoms with van der Waals surface area (Å²) in [5, 5.41) is 10.2. The van der Waals surface area contributed by atoms with E-state index in [0.717, 1.165) is 6.20 Å². The minimum Gasteiger partial charge on any atom is -0.485 e. The van der Waals surface area contributed by atoms with E-state index in [-0.39, 0.29) is 34.5 Å². The summed E-state index contributed by atoms with van der Waals surface area (Å²) in [7, 11) is 0. The van der Waals surface area contributed by atoms with Crippen LogP contribution in [0.25, 0.3) is 11.5 Å². The van der Waals surface area contributed by atoms with Gasteiger partial charge in [-0.3, -0.25) is 23.7 Å². The van der Waals surface area contributed by atoms with Crippen LogP contribution in [0.3, 0.4) is 0 Å². The summed E-state index contributed by atoms with van der Waals surface area (Å²) >= 11 is 9.70. The monoisotopic (exact) mass is 606 g/mol. The zero-order valence-corrected chi connectivity index (χ0v) is 23.1. The van der Waals surface area contributed by atoms with E-state index >= 15 is 0 Å². The number of aryl methyl sites for hydroxylation is 2. The Bertz CT molecular complexity index is 1680. The van der Waals surface area contributed by atoms with Gasteiger partial charge in [-0.1, -0.05) is 11.6 Å². The van der Waals surface area contributed by atoms with E-state index in [2.05, 4.69) is 25.9 Å². The molecule has 12 heteroatoms. The number of aliphatic hydroxyl groups is 1. The van der Waals surface area contributed by atoms with Gasteiger partial charge in [0.1, 0.15) is 34.7 Å². The van der Waals surface area contributed by atoms with Crippen LogP contribution < -0.4 is 15.9 Å². The number of pyridine rings is 4. The molecule has 4 rings (SSSR count). The predicted molar refractivity (Wildman–Crippen MR) is 141 cm³/mol. The Kier molecular flexibility index (Phi) is 7.55. The highest BCUT2D eigenvalue weighted by Gasteiger charge is 2.23. The quantitative estimate of drug-likeness (QED) is 0.335. The number of hydrogen-bond donors (Lipinski definition) is 1. The van der Waals surface area contributed by atoms with Gasteiger partial charge in [-0.05, 0) is 55.3 Å². The fourth-order valence-electron chi connectivity index (χ4n) is 3.81. The van der Waals surface area contributed by atoms with Crippen molar-refractivity contribution in [1.82, 2.24) is 19.1 Å². The number of nitrogens with zero attached hydrogens (tertiary/aromatic N) is 4. The highest BCUT2D eigenvalue weighted by atomic mass is 79.9. The molecule has 0 saturated heterocycles. The molecule has 0 aromatic carbocycles. The topological polar surface area (TPSA) is 99.2 Å². The maximum absolute atomic E-state index is 13.9. The first-order valence-electron chi connectivity index (χ1n) is 11.2. The smallest absolute Gasteiger partial charge is 0.277 e. The van der Waals surface area contributed by atoms with Crippen LogP contribution >= 0.6 is 27.5 Å². The van der Waals surface area contributed by atoms with E-state index < -0.39 is 28.4 Å². The molecule has 4 aromatic rings. The number of rotatable bonds is 6. The molecule has 8 nitrogen and oxygen atoms in total. The minimum atomic E-state index is -1.40. The maximum atomic E-state index is 13.9. The number of hydrogen-bond acceptors (Lipinski definition) is 6. The Balaban J connectivity index is 1.78. The van der Waals surface area contributed by atoms with Gasteiger partial charge >= 0.3 is 0 Å². The summed E-state index contributed by atoms with van der Waals surface area (Å²) in [5.74, 6) is -1.50. The zero-order valence-electron chi connectivity index (χ0n) is 20.7. The maximum Gasteiger partial charge on any atom is 0.277 e. The van der Waals surface area contributed by atoms with Crippen molar-refractivity contribution < 1.29 is 18.6 Å². The van der Waals surface area contributed by atoms with Crippen molar-refractivity contribution >= 4 is 27.5 Å². The van der Waals surface area contributed by atoms with Crippen molar-refractivity contribution in [2.45, 2.75) is 39.9 Å². The average molecular weight is 608 g/mol. The number of ether oxygens (including phenoxy) is 1. The second-order valence-electron chi connectivity index (χ2n) is 9.11. The summed E-state index contributed by atoms with van der Waals surface area (Å²) in [4.78, 5) is 34.5. The minimum absolute atomic E-state index is 0.000836. The number of aromatic nitrogens is 4. The van der Waals surface area contributed by atoms with Gasteiger partial charge in [0.15, 0.2) is 5.82 Å². The summed E-state index contributed by atoms with van der Waals surface area (Å²) in [5.41, 5.74) is -1.03. The van der Waals surface area contributed by atoms with E-state index in [1.807, 2.05) is 0 Å². The standard InChI is InChI=1S/C26H22BrClF2N4O4/c1-13-9-32-22(33-11-15(27)6-17(24(33)35)26(3,4)37)8-20(13)34-14(2)5-21(23(28)25(34)36)38-12-19-18(30)7-16(29)10-31-19/h5-11,37H,12H2,1-4H3. The van der Waals surface area contributed by atoms with Gasteiger partial charge in [0.2, 0.25) is 0 Å². The molecule has 4 heterocycles. The van der Waals surface area contributed by atoms with Crippen molar-refractivity contribution in [3.8, 4) is 17.3 Å². The Morgan fingerprint density at radius 1 is 1.08 bits per heavy atom. The van der Waals surface area contributed by atoms with Gasteiger partial charge in [0.05, 0.1) is 17.5 Å². The first kappa shape index (κ1) is 27.6. The highest BCUT2D eigenvalue weighted by molar-refractivity contribution is 9.10. The molecule has 0 aliphatic rings. The molecule has 4 aromatic heterocycles. The third-order valence-corrected chi connectivity index (χ3v) is 6.52. The Morgan fingerprint density at radius 2 is 1.79 bits per heavy atom. The SMILES string of the molecule is Cc1cnc(-n2cc(Br)cc(C(C)(C)O)c2=O)cc1-n1c(C)cc(OCc2ncc(F)cc2F)c(Cl)c1=O. The third-order valence-electron chi connectivity index (χ3n) is 5.74. The van der Waals surface area contributed by atoms with Crippen LogP contribution in [0.5, 0.6) is 5.75 Å². The van der Waals surface area contributed by atoms with Crippen molar-refractivity contribution in [2.75, 3.05) is 0 Å². The van der Waals surface area contributed by atoms with Gasteiger partial charge < -0.3 is 9.84 Å². The van der Waals surface area contributed by atoms with Crippen LogP contribution in [0.4, 0.5) is 8.78 Å². The lowest BCUT2D eigenvalue weighted by Crippen LogP contribution is -2.31. The second-order valence-corrected chi connectivity index (χ2v) is 10.4. The summed E-state index contributed by atoms with van der Waals surface area (Å²) in [6, 6.07) is 5.28. The molecule has 0 spiro atoms. The average Bonchev–Trinajstić information content (AvgIpc) is 2.83. The molecule has 0 unspecified atom stereocenters. The lowest BCUT2D eigenvalue weighted by molar-refractivity contribution is 0.0767. The summed E-state index contributed by atoms with van der Waals surface area (Å²) < 4.78 is 35.7. The van der Waals surface area contributed by atoms with Gasteiger partial charge in [0.25, 0.3) is 11.1 Å². The van der Waals surface area contributed by atoms with Gasteiger partial charge in [-0.15, -0.1) is 0 Å². The molecule has 0 bridgehead atoms. The van der Waals surface area contributed by atoms with E-state index in [1.54, 1.807) is 19.9 Å². The normalized spacial score (nSPS) is 11.6. The van der Waals surface area contributed by atoms with Crippen molar-refractivity contribution in [1.29, 1.82) is 0 Å². The van der Waals surface area contributed by atoms with Gasteiger partial charge in [-0.25, -0.2) is 13.8 Å². The van der Waals surface area contributed by atoms with Crippen LogP contribution in [-0.2, 0) is 12.2 Å². The Morgan fingerprint density at radius 3 is 2.45 bits per heavy atom. The molecule has 0 fully saturated rings. The molecule has 0 aliphatic heterocycles. The molecule has 0 radical (unpaired) electrons. The van der Waals surface area contributed by atoms with E-state index in [1.165, 1.54) is 47.5 Å². The van der Waals surface area contributed by atoms with Crippen LogP contribution in [0.15, 0.2) is 56.9 Å². The van der Waals surface area contributed by atoms with Gasteiger partial charge in [-0.2, -0.15) is 0 Å². The molecule has 0 atom stereocenters. The number of halogens is 4. The third kappa shape index (κ3) is 5.40. The predicted octanol–water partition coefficient (Wildman–Crippen LogP) is 4.90. The van der Waals surface area contributed by atoms with Crippen LogP contribution in [-0.4, -0.2) is 24.2 Å². The fraction of sp³-hybridized carbons (Fsp3) is 0.231. The zero-order chi connectivity index (χ0) is 27.9. The van der Waals surface area contributed by atoms with Crippen LogP contribution in [0, 0.1) is 25.5 Å². The highest BCUT2D eigenvalue weighted by Crippen LogP contribution is 2.27. The molecule has 0 amide bonds. The van der Waals surface area contributed by atoms with E-state index in [9.17, 15) is 23.5 Å². The molecule has 38 heavy (non-hydrogen) atoms. The molecular formula is C26H22BrClF2N4O4. The largest absolute Gasteiger partial charge is 0.485 e. The van der Waals surface area contributed by atoms with Crippen molar-refractivity contribution in [3.63, 3.8) is 0 Å². The van der Waals surface area contributed by atoms with Crippen molar-refractivity contribution in [3.05, 3.63) is 107 Å². The lowest BCUT2D eigenvalue weighted by Gasteiger charge is -2.20. The Labute approximate surface area is 229 Å².